The summed E-state index contributed by atoms with van der Waals surface area (Å²) in [4.78, 5) is 26.1. The van der Waals surface area contributed by atoms with Crippen LogP contribution in [-0.2, 0) is 6.54 Å². The molecule has 0 saturated carbocycles. The summed E-state index contributed by atoms with van der Waals surface area (Å²) in [5.74, 6) is -0.413. The molecule has 1 N–H and O–H groups in total. The molecule has 21 heavy (non-hydrogen) atoms. The van der Waals surface area contributed by atoms with Gasteiger partial charge in [0, 0.05) is 17.6 Å². The number of benzene rings is 1. The van der Waals surface area contributed by atoms with Crippen LogP contribution in [0.15, 0.2) is 36.5 Å². The van der Waals surface area contributed by atoms with Crippen molar-refractivity contribution in [3.05, 3.63) is 68.5 Å². The second-order valence-electron chi connectivity index (χ2n) is 4.40. The number of hydrogen-bond donors (Lipinski definition) is 1. The second kappa shape index (κ2) is 6.32. The van der Waals surface area contributed by atoms with Crippen LogP contribution in [0.25, 0.3) is 0 Å². The van der Waals surface area contributed by atoms with Crippen LogP contribution < -0.4 is 5.32 Å². The Morgan fingerprint density at radius 2 is 2.19 bits per heavy atom. The van der Waals surface area contributed by atoms with Crippen LogP contribution in [0.4, 0.5) is 5.69 Å². The Hall–Kier alpha value is -2.47. The first-order valence-corrected chi connectivity index (χ1v) is 6.49. The molecule has 1 aromatic carbocycles. The number of nitrogens with zero attached hydrogens (tertiary/aromatic N) is 2. The fourth-order valence-corrected chi connectivity index (χ4v) is 1.99. The molecule has 0 aliphatic heterocycles. The van der Waals surface area contributed by atoms with E-state index in [-0.39, 0.29) is 17.8 Å². The van der Waals surface area contributed by atoms with Gasteiger partial charge in [-0.15, -0.1) is 0 Å². The van der Waals surface area contributed by atoms with Crippen LogP contribution in [-0.4, -0.2) is 15.8 Å². The van der Waals surface area contributed by atoms with Crippen molar-refractivity contribution in [3.63, 3.8) is 0 Å². The lowest BCUT2D eigenvalue weighted by Crippen LogP contribution is -2.24. The number of nitrogens with one attached hydrogen (secondary N) is 1. The van der Waals surface area contributed by atoms with E-state index in [1.165, 1.54) is 6.07 Å². The van der Waals surface area contributed by atoms with Gasteiger partial charge in [-0.05, 0) is 24.6 Å². The summed E-state index contributed by atoms with van der Waals surface area (Å²) in [5, 5.41) is 14.0. The number of carbonyl (C=O) groups excluding carboxylic acids is 1. The van der Waals surface area contributed by atoms with Crippen LogP contribution in [0, 0.1) is 17.0 Å². The molecule has 2 aromatic rings. The van der Waals surface area contributed by atoms with Gasteiger partial charge >= 0.3 is 0 Å². The Labute approximate surface area is 125 Å². The third-order valence-corrected chi connectivity index (χ3v) is 3.11. The van der Waals surface area contributed by atoms with E-state index in [9.17, 15) is 14.9 Å². The van der Waals surface area contributed by atoms with Gasteiger partial charge in [-0.3, -0.25) is 19.9 Å². The molecule has 0 saturated heterocycles. The molecule has 0 unspecified atom stereocenters. The number of hydrogen-bond acceptors (Lipinski definition) is 4. The van der Waals surface area contributed by atoms with Gasteiger partial charge in [-0.25, -0.2) is 0 Å². The van der Waals surface area contributed by atoms with Crippen molar-refractivity contribution in [2.24, 2.45) is 0 Å². The average Bonchev–Trinajstić information content (AvgIpc) is 2.45. The summed E-state index contributed by atoms with van der Waals surface area (Å²) in [5.41, 5.74) is 1.25. The number of aromatic nitrogens is 1. The number of amides is 1. The van der Waals surface area contributed by atoms with Crippen molar-refractivity contribution < 1.29 is 9.72 Å². The Kier molecular flexibility index (Phi) is 4.49. The van der Waals surface area contributed by atoms with Crippen molar-refractivity contribution in [2.45, 2.75) is 13.5 Å². The first-order valence-electron chi connectivity index (χ1n) is 6.11. The highest BCUT2D eigenvalue weighted by Gasteiger charge is 2.15. The smallest absolute Gasteiger partial charge is 0.288 e. The van der Waals surface area contributed by atoms with Gasteiger partial charge in [0.05, 0.1) is 16.2 Å². The summed E-state index contributed by atoms with van der Waals surface area (Å²) < 4.78 is 0. The number of rotatable bonds is 4. The van der Waals surface area contributed by atoms with Gasteiger partial charge in [-0.1, -0.05) is 23.7 Å². The Bertz CT molecular complexity index is 704. The number of pyridine rings is 1. The lowest BCUT2D eigenvalue weighted by Gasteiger charge is -2.07. The van der Waals surface area contributed by atoms with Gasteiger partial charge in [-0.2, -0.15) is 0 Å². The summed E-state index contributed by atoms with van der Waals surface area (Å²) in [6.45, 7) is 1.90. The van der Waals surface area contributed by atoms with Gasteiger partial charge in [0.2, 0.25) is 0 Å². The van der Waals surface area contributed by atoms with E-state index in [0.29, 0.717) is 10.7 Å². The van der Waals surface area contributed by atoms with E-state index < -0.39 is 10.8 Å². The Balaban J connectivity index is 2.13. The predicted molar refractivity (Wildman–Crippen MR) is 78.3 cm³/mol. The maximum Gasteiger partial charge on any atom is 0.288 e. The van der Waals surface area contributed by atoms with Crippen LogP contribution >= 0.6 is 11.6 Å². The van der Waals surface area contributed by atoms with E-state index in [0.717, 1.165) is 11.8 Å². The monoisotopic (exact) mass is 305 g/mol. The molecule has 0 aliphatic rings. The number of halogens is 1. The molecule has 1 amide bonds. The minimum atomic E-state index is -0.583. The molecule has 7 heteroatoms. The van der Waals surface area contributed by atoms with Crippen molar-refractivity contribution in [3.8, 4) is 0 Å². The van der Waals surface area contributed by atoms with Crippen molar-refractivity contribution >= 4 is 23.2 Å². The normalized spacial score (nSPS) is 10.2. The highest BCUT2D eigenvalue weighted by atomic mass is 35.5. The zero-order valence-corrected chi connectivity index (χ0v) is 11.9. The van der Waals surface area contributed by atoms with Crippen LogP contribution in [0.5, 0.6) is 0 Å². The summed E-state index contributed by atoms with van der Waals surface area (Å²) in [7, 11) is 0. The topological polar surface area (TPSA) is 85.1 Å². The van der Waals surface area contributed by atoms with Gasteiger partial charge in [0.15, 0.2) is 0 Å². The molecule has 0 spiro atoms. The van der Waals surface area contributed by atoms with Crippen LogP contribution in [0.1, 0.15) is 21.6 Å². The fourth-order valence-electron chi connectivity index (χ4n) is 1.78. The van der Waals surface area contributed by atoms with E-state index in [1.807, 2.05) is 6.07 Å². The lowest BCUT2D eigenvalue weighted by atomic mass is 10.1. The SMILES string of the molecule is Cc1ncc([N+](=O)[O-])cc1C(=O)NCc1cccc(Cl)c1. The van der Waals surface area contributed by atoms with Crippen molar-refractivity contribution in [1.29, 1.82) is 0 Å². The van der Waals surface area contributed by atoms with Gasteiger partial charge < -0.3 is 5.32 Å². The van der Waals surface area contributed by atoms with Crippen molar-refractivity contribution in [2.75, 3.05) is 0 Å². The molecule has 0 fully saturated rings. The molecule has 0 bridgehead atoms. The minimum Gasteiger partial charge on any atom is -0.348 e. The molecular weight excluding hydrogens is 294 g/mol. The number of carbonyl (C=O) groups is 1. The first kappa shape index (κ1) is 14.9. The van der Waals surface area contributed by atoms with E-state index >= 15 is 0 Å². The fraction of sp³-hybridized carbons (Fsp3) is 0.143. The maximum absolute atomic E-state index is 12.1. The second-order valence-corrected chi connectivity index (χ2v) is 4.83. The molecule has 0 atom stereocenters. The van der Waals surface area contributed by atoms with E-state index in [4.69, 9.17) is 11.6 Å². The van der Waals surface area contributed by atoms with Gasteiger partial charge in [0.25, 0.3) is 11.6 Å². The van der Waals surface area contributed by atoms with Gasteiger partial charge in [0.1, 0.15) is 6.20 Å². The Morgan fingerprint density at radius 1 is 1.43 bits per heavy atom. The zero-order valence-electron chi connectivity index (χ0n) is 11.2. The number of nitro groups is 1. The minimum absolute atomic E-state index is 0.186. The van der Waals surface area contributed by atoms with Crippen LogP contribution in [0.2, 0.25) is 5.02 Å². The zero-order chi connectivity index (χ0) is 15.4. The molecule has 2 rings (SSSR count). The molecule has 108 valence electrons. The maximum atomic E-state index is 12.1. The largest absolute Gasteiger partial charge is 0.348 e. The molecule has 6 nitrogen and oxygen atoms in total. The number of aryl methyl sites for hydroxylation is 1. The molecule has 1 heterocycles. The molecule has 1 aromatic heterocycles. The van der Waals surface area contributed by atoms with E-state index in [2.05, 4.69) is 10.3 Å². The summed E-state index contributed by atoms with van der Waals surface area (Å²) >= 11 is 5.86. The highest BCUT2D eigenvalue weighted by Crippen LogP contribution is 2.15. The quantitative estimate of drug-likeness (QED) is 0.695. The lowest BCUT2D eigenvalue weighted by molar-refractivity contribution is -0.385. The molecule has 0 radical (unpaired) electrons. The first-order chi connectivity index (χ1) is 9.97. The molecular formula is C14H12ClN3O3. The Morgan fingerprint density at radius 3 is 2.86 bits per heavy atom. The molecule has 0 aliphatic carbocycles. The third kappa shape index (κ3) is 3.76. The summed E-state index contributed by atoms with van der Waals surface area (Å²) in [6.07, 6.45) is 1.13. The van der Waals surface area contributed by atoms with Crippen LogP contribution in [0.3, 0.4) is 0 Å². The predicted octanol–water partition coefficient (Wildman–Crippen LogP) is 2.88. The van der Waals surface area contributed by atoms with Crippen molar-refractivity contribution in [1.82, 2.24) is 10.3 Å². The average molecular weight is 306 g/mol. The standard InChI is InChI=1S/C14H12ClN3O3/c1-9-13(6-12(8-16-9)18(20)21)14(19)17-7-10-3-2-4-11(15)5-10/h2-6,8H,7H2,1H3,(H,17,19). The van der Waals surface area contributed by atoms with E-state index in [1.54, 1.807) is 25.1 Å². The third-order valence-electron chi connectivity index (χ3n) is 2.87. The summed E-state index contributed by atoms with van der Waals surface area (Å²) in [6, 6.07) is 8.30. The highest BCUT2D eigenvalue weighted by molar-refractivity contribution is 6.30.